The second-order valence-electron chi connectivity index (χ2n) is 7.70. The Balaban J connectivity index is 1.54. The normalized spacial score (nSPS) is 10.8. The highest BCUT2D eigenvalue weighted by atomic mass is 19.1. The molecule has 0 fully saturated rings. The average molecular weight is 479 g/mol. The molecule has 2 aromatic carbocycles. The van der Waals surface area contributed by atoms with E-state index in [1.54, 1.807) is 19.1 Å². The van der Waals surface area contributed by atoms with Crippen molar-refractivity contribution < 1.29 is 28.3 Å². The van der Waals surface area contributed by atoms with Crippen LogP contribution in [-0.4, -0.2) is 37.5 Å². The zero-order valence-corrected chi connectivity index (χ0v) is 18.4. The van der Waals surface area contributed by atoms with Crippen LogP contribution in [0, 0.1) is 18.6 Å². The summed E-state index contributed by atoms with van der Waals surface area (Å²) in [4.78, 5) is 40.7. The number of benzene rings is 2. The molecule has 0 aliphatic carbocycles. The second kappa shape index (κ2) is 9.67. The van der Waals surface area contributed by atoms with Crippen molar-refractivity contribution in [2.24, 2.45) is 0 Å². The van der Waals surface area contributed by atoms with Gasteiger partial charge in [0.15, 0.2) is 11.5 Å². The molecule has 2 amide bonds. The van der Waals surface area contributed by atoms with E-state index in [1.807, 2.05) is 0 Å². The molecule has 0 aliphatic rings. The number of aryl methyl sites for hydroxylation is 1. The maximum atomic E-state index is 14.2. The maximum absolute atomic E-state index is 14.2. The van der Waals surface area contributed by atoms with Crippen LogP contribution in [0.5, 0.6) is 0 Å². The zero-order valence-electron chi connectivity index (χ0n) is 18.4. The predicted octanol–water partition coefficient (Wildman–Crippen LogP) is 2.87. The number of aromatic nitrogens is 3. The fourth-order valence-corrected chi connectivity index (χ4v) is 3.44. The number of carbonyl (C=O) groups excluding carboxylic acids is 2. The molecule has 178 valence electrons. The van der Waals surface area contributed by atoms with Crippen LogP contribution in [-0.2, 0) is 13.1 Å². The molecular weight excluding hydrogens is 460 g/mol. The van der Waals surface area contributed by atoms with E-state index in [2.05, 4.69) is 20.7 Å². The molecule has 4 rings (SSSR count). The average Bonchev–Trinajstić information content (AvgIpc) is 3.21. The van der Waals surface area contributed by atoms with Gasteiger partial charge < -0.3 is 15.7 Å². The first-order valence-electron chi connectivity index (χ1n) is 10.4. The van der Waals surface area contributed by atoms with Gasteiger partial charge in [-0.15, -0.1) is 0 Å². The summed E-state index contributed by atoms with van der Waals surface area (Å²) < 4.78 is 28.3. The van der Waals surface area contributed by atoms with Crippen LogP contribution in [0.3, 0.4) is 0 Å². The van der Waals surface area contributed by atoms with Crippen molar-refractivity contribution in [1.29, 1.82) is 0 Å². The second-order valence-corrected chi connectivity index (χ2v) is 7.70. The summed E-state index contributed by atoms with van der Waals surface area (Å²) in [6, 6.07) is 11.4. The Labute approximate surface area is 197 Å². The van der Waals surface area contributed by atoms with E-state index in [0.29, 0.717) is 16.7 Å². The number of aromatic carboxylic acids is 1. The quantitative estimate of drug-likeness (QED) is 0.374. The van der Waals surface area contributed by atoms with Crippen LogP contribution in [0.4, 0.5) is 8.78 Å². The van der Waals surface area contributed by atoms with Crippen molar-refractivity contribution in [3.05, 3.63) is 100 Å². The maximum Gasteiger partial charge on any atom is 0.335 e. The molecule has 35 heavy (non-hydrogen) atoms. The van der Waals surface area contributed by atoms with Gasteiger partial charge in [0.1, 0.15) is 17.2 Å². The molecule has 0 atom stereocenters. The number of rotatable bonds is 7. The molecule has 0 aliphatic heterocycles. The largest absolute Gasteiger partial charge is 0.478 e. The van der Waals surface area contributed by atoms with E-state index in [0.717, 1.165) is 10.7 Å². The van der Waals surface area contributed by atoms with Gasteiger partial charge in [0.25, 0.3) is 11.8 Å². The van der Waals surface area contributed by atoms with Gasteiger partial charge in [-0.3, -0.25) is 9.59 Å². The van der Waals surface area contributed by atoms with E-state index in [1.165, 1.54) is 36.4 Å². The smallest absolute Gasteiger partial charge is 0.335 e. The summed E-state index contributed by atoms with van der Waals surface area (Å²) in [7, 11) is 0. The number of fused-ring (bicyclic) bond motifs is 1. The molecule has 0 radical (unpaired) electrons. The molecular formula is C24H19F2N5O4. The Morgan fingerprint density at radius 2 is 1.60 bits per heavy atom. The van der Waals surface area contributed by atoms with Crippen LogP contribution in [0.25, 0.3) is 5.65 Å². The van der Waals surface area contributed by atoms with Crippen LogP contribution in [0.2, 0.25) is 0 Å². The molecule has 0 spiro atoms. The van der Waals surface area contributed by atoms with Crippen molar-refractivity contribution in [1.82, 2.24) is 25.2 Å². The molecule has 2 heterocycles. The van der Waals surface area contributed by atoms with Crippen LogP contribution < -0.4 is 10.6 Å². The molecule has 2 aromatic heterocycles. The summed E-state index contributed by atoms with van der Waals surface area (Å²) >= 11 is 0. The Morgan fingerprint density at radius 1 is 0.943 bits per heavy atom. The van der Waals surface area contributed by atoms with E-state index in [4.69, 9.17) is 5.11 Å². The number of nitrogens with one attached hydrogen (secondary N) is 2. The molecule has 0 bridgehead atoms. The summed E-state index contributed by atoms with van der Waals surface area (Å²) in [6.07, 6.45) is 0.882. The Bertz CT molecular complexity index is 1450. The molecule has 0 saturated heterocycles. The first kappa shape index (κ1) is 23.5. The van der Waals surface area contributed by atoms with Gasteiger partial charge >= 0.3 is 5.97 Å². The van der Waals surface area contributed by atoms with Gasteiger partial charge in [-0.05, 0) is 41.8 Å². The number of nitrogens with zero attached hydrogens (tertiary/aromatic N) is 3. The summed E-state index contributed by atoms with van der Waals surface area (Å²) in [5.41, 5.74) is 1.35. The molecule has 9 nitrogen and oxygen atoms in total. The van der Waals surface area contributed by atoms with E-state index in [-0.39, 0.29) is 35.7 Å². The standard InChI is InChI=1S/C24H19F2N5O4/c1-13-8-15(4-7-17(13)24(34)35)11-28-23(33)20-9-19(30-21-18(26)12-29-31(20)21)22(32)27-10-14-2-5-16(25)6-3-14/h2-9,12H,10-11H2,1H3,(H,27,32)(H,28,33)(H,34,35). The van der Waals surface area contributed by atoms with E-state index < -0.39 is 29.4 Å². The van der Waals surface area contributed by atoms with Gasteiger partial charge in [0, 0.05) is 19.2 Å². The number of carbonyl (C=O) groups is 3. The van der Waals surface area contributed by atoms with Crippen LogP contribution in [0.1, 0.15) is 48.0 Å². The van der Waals surface area contributed by atoms with Crippen LogP contribution in [0.15, 0.2) is 54.7 Å². The Kier molecular flexibility index (Phi) is 6.49. The summed E-state index contributed by atoms with van der Waals surface area (Å²) in [6.45, 7) is 1.77. The molecule has 11 heteroatoms. The molecule has 4 aromatic rings. The lowest BCUT2D eigenvalue weighted by Crippen LogP contribution is -2.28. The van der Waals surface area contributed by atoms with Crippen molar-refractivity contribution in [2.75, 3.05) is 0 Å². The fraction of sp³-hybridized carbons (Fsp3) is 0.125. The number of amides is 2. The van der Waals surface area contributed by atoms with E-state index in [9.17, 15) is 23.2 Å². The first-order valence-corrected chi connectivity index (χ1v) is 10.4. The van der Waals surface area contributed by atoms with Gasteiger partial charge in [-0.25, -0.2) is 23.1 Å². The topological polar surface area (TPSA) is 126 Å². The third kappa shape index (κ3) is 5.13. The number of hydrogen-bond donors (Lipinski definition) is 3. The number of hydrogen-bond acceptors (Lipinski definition) is 5. The van der Waals surface area contributed by atoms with Gasteiger partial charge in [-0.1, -0.05) is 24.3 Å². The third-order valence-corrected chi connectivity index (χ3v) is 5.23. The number of carboxylic acid groups (broad SMARTS) is 1. The van der Waals surface area contributed by atoms with E-state index >= 15 is 0 Å². The zero-order chi connectivity index (χ0) is 25.1. The number of carboxylic acids is 1. The van der Waals surface area contributed by atoms with Crippen LogP contribution >= 0.6 is 0 Å². The van der Waals surface area contributed by atoms with Gasteiger partial charge in [-0.2, -0.15) is 5.10 Å². The lowest BCUT2D eigenvalue weighted by Gasteiger charge is -2.10. The molecule has 0 unspecified atom stereocenters. The first-order chi connectivity index (χ1) is 16.7. The highest BCUT2D eigenvalue weighted by molar-refractivity contribution is 5.98. The van der Waals surface area contributed by atoms with Crippen molar-refractivity contribution in [3.8, 4) is 0 Å². The summed E-state index contributed by atoms with van der Waals surface area (Å²) in [5.74, 6) is -3.58. The Hall–Kier alpha value is -4.67. The van der Waals surface area contributed by atoms with Crippen molar-refractivity contribution >= 4 is 23.4 Å². The van der Waals surface area contributed by atoms with Crippen molar-refractivity contribution in [3.63, 3.8) is 0 Å². The SMILES string of the molecule is Cc1cc(CNC(=O)c2cc(C(=O)NCc3ccc(F)cc3)nc3c(F)cnn23)ccc1C(=O)O. The highest BCUT2D eigenvalue weighted by Crippen LogP contribution is 2.14. The minimum absolute atomic E-state index is 0.0548. The third-order valence-electron chi connectivity index (χ3n) is 5.23. The lowest BCUT2D eigenvalue weighted by atomic mass is 10.1. The molecule has 3 N–H and O–H groups in total. The minimum Gasteiger partial charge on any atom is -0.478 e. The fourth-order valence-electron chi connectivity index (χ4n) is 3.44. The Morgan fingerprint density at radius 3 is 2.29 bits per heavy atom. The number of halogens is 2. The summed E-state index contributed by atoms with van der Waals surface area (Å²) in [5, 5.41) is 18.2. The monoisotopic (exact) mass is 479 g/mol. The van der Waals surface area contributed by atoms with Gasteiger partial charge in [0.2, 0.25) is 0 Å². The van der Waals surface area contributed by atoms with Crippen molar-refractivity contribution in [2.45, 2.75) is 20.0 Å². The van der Waals surface area contributed by atoms with Gasteiger partial charge in [0.05, 0.1) is 11.8 Å². The molecule has 0 saturated carbocycles. The highest BCUT2D eigenvalue weighted by Gasteiger charge is 2.20. The lowest BCUT2D eigenvalue weighted by molar-refractivity contribution is 0.0695. The predicted molar refractivity (Wildman–Crippen MR) is 120 cm³/mol. The minimum atomic E-state index is -1.05.